The first-order valence-electron chi connectivity index (χ1n) is 6.72. The van der Waals surface area contributed by atoms with E-state index in [1.165, 1.54) is 11.3 Å². The second-order valence-electron chi connectivity index (χ2n) is 4.94. The average Bonchev–Trinajstić information content (AvgIpc) is 2.97. The molecule has 20 heavy (non-hydrogen) atoms. The Hall–Kier alpha value is -1.72. The number of carbonyl (C=O) groups is 1. The van der Waals surface area contributed by atoms with Crippen molar-refractivity contribution in [1.82, 2.24) is 9.88 Å². The molecule has 1 aliphatic rings. The zero-order valence-electron chi connectivity index (χ0n) is 11.0. The Morgan fingerprint density at radius 3 is 2.90 bits per heavy atom. The van der Waals surface area contributed by atoms with E-state index in [0.29, 0.717) is 18.8 Å². The van der Waals surface area contributed by atoms with Crippen molar-refractivity contribution in [2.24, 2.45) is 0 Å². The summed E-state index contributed by atoms with van der Waals surface area (Å²) in [6.07, 6.45) is 1.20. The van der Waals surface area contributed by atoms with E-state index in [2.05, 4.69) is 4.98 Å². The summed E-state index contributed by atoms with van der Waals surface area (Å²) in [5.41, 5.74) is 3.21. The highest BCUT2D eigenvalue weighted by atomic mass is 32.1. The number of piperidine rings is 1. The highest BCUT2D eigenvalue weighted by molar-refractivity contribution is 7.13. The molecule has 1 aromatic carbocycles. The van der Waals surface area contributed by atoms with Gasteiger partial charge >= 0.3 is 0 Å². The molecule has 1 aliphatic heterocycles. The van der Waals surface area contributed by atoms with Gasteiger partial charge in [-0.25, -0.2) is 4.98 Å². The zero-order chi connectivity index (χ0) is 13.9. The molecule has 0 spiro atoms. The number of hydrogen-bond acceptors (Lipinski definition) is 4. The van der Waals surface area contributed by atoms with E-state index in [-0.39, 0.29) is 5.91 Å². The van der Waals surface area contributed by atoms with Crippen molar-refractivity contribution < 1.29 is 9.90 Å². The van der Waals surface area contributed by atoms with Gasteiger partial charge in [-0.05, 0) is 18.4 Å². The summed E-state index contributed by atoms with van der Waals surface area (Å²) in [7, 11) is 0. The van der Waals surface area contributed by atoms with Crippen LogP contribution in [-0.2, 0) is 0 Å². The molecule has 1 unspecified atom stereocenters. The normalized spacial score (nSPS) is 19.1. The van der Waals surface area contributed by atoms with E-state index < -0.39 is 6.10 Å². The van der Waals surface area contributed by atoms with Crippen LogP contribution in [0.25, 0.3) is 10.4 Å². The number of thiazole rings is 1. The summed E-state index contributed by atoms with van der Waals surface area (Å²) in [5.74, 6) is -0.0798. The second kappa shape index (κ2) is 5.73. The van der Waals surface area contributed by atoms with Crippen molar-refractivity contribution in [2.45, 2.75) is 18.9 Å². The summed E-state index contributed by atoms with van der Waals surface area (Å²) in [6, 6.07) is 9.82. The van der Waals surface area contributed by atoms with Gasteiger partial charge in [-0.3, -0.25) is 4.79 Å². The number of carbonyl (C=O) groups excluding carboxylic acids is 1. The van der Waals surface area contributed by atoms with E-state index in [9.17, 15) is 9.90 Å². The molecular formula is C15H16N2O2S. The first-order chi connectivity index (χ1) is 9.75. The van der Waals surface area contributed by atoms with Gasteiger partial charge < -0.3 is 10.0 Å². The van der Waals surface area contributed by atoms with Crippen LogP contribution in [0, 0.1) is 0 Å². The number of hydrogen-bond donors (Lipinski definition) is 1. The van der Waals surface area contributed by atoms with Crippen molar-refractivity contribution in [2.75, 3.05) is 13.1 Å². The third-order valence-corrected chi connectivity index (χ3v) is 4.37. The minimum absolute atomic E-state index is 0.0798. The fourth-order valence-electron chi connectivity index (χ4n) is 2.48. The van der Waals surface area contributed by atoms with Gasteiger partial charge in [-0.1, -0.05) is 30.3 Å². The number of nitrogens with zero attached hydrogens (tertiary/aromatic N) is 2. The van der Waals surface area contributed by atoms with E-state index >= 15 is 0 Å². The Kier molecular flexibility index (Phi) is 3.80. The first kappa shape index (κ1) is 13.3. The van der Waals surface area contributed by atoms with E-state index in [1.54, 1.807) is 10.4 Å². The highest BCUT2D eigenvalue weighted by Gasteiger charge is 2.26. The predicted molar refractivity (Wildman–Crippen MR) is 78.7 cm³/mol. The maximum Gasteiger partial charge on any atom is 0.274 e. The monoisotopic (exact) mass is 288 g/mol. The molecule has 0 aliphatic carbocycles. The molecule has 104 valence electrons. The van der Waals surface area contributed by atoms with E-state index in [1.807, 2.05) is 30.3 Å². The van der Waals surface area contributed by atoms with E-state index in [4.69, 9.17) is 0 Å². The SMILES string of the molecule is O=C(c1ncsc1-c1ccccc1)N1CCCC(O)C1. The van der Waals surface area contributed by atoms with Crippen molar-refractivity contribution in [1.29, 1.82) is 0 Å². The van der Waals surface area contributed by atoms with Gasteiger partial charge in [0.2, 0.25) is 0 Å². The van der Waals surface area contributed by atoms with Crippen LogP contribution < -0.4 is 0 Å². The summed E-state index contributed by atoms with van der Waals surface area (Å²) in [6.45, 7) is 1.10. The Morgan fingerprint density at radius 1 is 1.35 bits per heavy atom. The van der Waals surface area contributed by atoms with Crippen LogP contribution in [0.2, 0.25) is 0 Å². The second-order valence-corrected chi connectivity index (χ2v) is 5.80. The van der Waals surface area contributed by atoms with Crippen LogP contribution in [0.4, 0.5) is 0 Å². The van der Waals surface area contributed by atoms with Crippen LogP contribution in [-0.4, -0.2) is 40.1 Å². The van der Waals surface area contributed by atoms with Gasteiger partial charge in [0, 0.05) is 13.1 Å². The van der Waals surface area contributed by atoms with Crippen molar-refractivity contribution in [3.63, 3.8) is 0 Å². The lowest BCUT2D eigenvalue weighted by molar-refractivity contribution is 0.0470. The molecule has 1 fully saturated rings. The van der Waals surface area contributed by atoms with Crippen molar-refractivity contribution >= 4 is 17.2 Å². The molecule has 2 aromatic rings. The molecule has 1 atom stereocenters. The fourth-order valence-corrected chi connectivity index (χ4v) is 3.27. The van der Waals surface area contributed by atoms with Crippen molar-refractivity contribution in [3.8, 4) is 10.4 Å². The third kappa shape index (κ3) is 2.59. The minimum Gasteiger partial charge on any atom is -0.391 e. The lowest BCUT2D eigenvalue weighted by atomic mass is 10.1. The summed E-state index contributed by atoms with van der Waals surface area (Å²) >= 11 is 1.47. The lowest BCUT2D eigenvalue weighted by Crippen LogP contribution is -2.42. The van der Waals surface area contributed by atoms with Gasteiger partial charge in [-0.2, -0.15) is 0 Å². The largest absolute Gasteiger partial charge is 0.391 e. The maximum atomic E-state index is 12.6. The van der Waals surface area contributed by atoms with Gasteiger partial charge in [0.1, 0.15) is 5.69 Å². The quantitative estimate of drug-likeness (QED) is 0.923. The van der Waals surface area contributed by atoms with Crippen LogP contribution >= 0.6 is 11.3 Å². The number of benzene rings is 1. The molecule has 4 nitrogen and oxygen atoms in total. The number of β-amino-alcohol motifs (C(OH)–C–C–N with tert-alkyl or cyclic N) is 1. The zero-order valence-corrected chi connectivity index (χ0v) is 11.8. The first-order valence-corrected chi connectivity index (χ1v) is 7.60. The predicted octanol–water partition coefficient (Wildman–Crippen LogP) is 2.41. The van der Waals surface area contributed by atoms with Crippen LogP contribution in [0.3, 0.4) is 0 Å². The summed E-state index contributed by atoms with van der Waals surface area (Å²) in [4.78, 5) is 19.4. The van der Waals surface area contributed by atoms with Crippen LogP contribution in [0.15, 0.2) is 35.8 Å². The fraction of sp³-hybridized carbons (Fsp3) is 0.333. The number of rotatable bonds is 2. The van der Waals surface area contributed by atoms with Crippen LogP contribution in [0.1, 0.15) is 23.3 Å². The van der Waals surface area contributed by atoms with Gasteiger partial charge in [0.05, 0.1) is 16.5 Å². The third-order valence-electron chi connectivity index (χ3n) is 3.49. The summed E-state index contributed by atoms with van der Waals surface area (Å²) < 4.78 is 0. The molecule has 1 aromatic heterocycles. The number of aliphatic hydroxyl groups excluding tert-OH is 1. The Labute approximate surface area is 121 Å². The highest BCUT2D eigenvalue weighted by Crippen LogP contribution is 2.28. The number of aromatic nitrogens is 1. The molecule has 5 heteroatoms. The topological polar surface area (TPSA) is 53.4 Å². The molecule has 1 amide bonds. The van der Waals surface area contributed by atoms with Gasteiger partial charge in [0.15, 0.2) is 0 Å². The molecule has 1 N–H and O–H groups in total. The Balaban J connectivity index is 1.88. The smallest absolute Gasteiger partial charge is 0.274 e. The van der Waals surface area contributed by atoms with Crippen molar-refractivity contribution in [3.05, 3.63) is 41.5 Å². The maximum absolute atomic E-state index is 12.6. The Morgan fingerprint density at radius 2 is 2.15 bits per heavy atom. The number of aliphatic hydroxyl groups is 1. The average molecular weight is 288 g/mol. The molecule has 0 bridgehead atoms. The Bertz CT molecular complexity index is 597. The van der Waals surface area contributed by atoms with Gasteiger partial charge in [0.25, 0.3) is 5.91 Å². The molecule has 3 rings (SSSR count). The number of amides is 1. The standard InChI is InChI=1S/C15H16N2O2S/c18-12-7-4-8-17(9-12)15(19)13-14(20-10-16-13)11-5-2-1-3-6-11/h1-3,5-6,10,12,18H,4,7-9H2. The molecule has 0 radical (unpaired) electrons. The molecular weight excluding hydrogens is 272 g/mol. The lowest BCUT2D eigenvalue weighted by Gasteiger charge is -2.29. The number of likely N-dealkylation sites (tertiary alicyclic amines) is 1. The van der Waals surface area contributed by atoms with Gasteiger partial charge in [-0.15, -0.1) is 11.3 Å². The van der Waals surface area contributed by atoms with Crippen LogP contribution in [0.5, 0.6) is 0 Å². The molecule has 0 saturated carbocycles. The molecule has 1 saturated heterocycles. The minimum atomic E-state index is -0.411. The molecule has 2 heterocycles. The summed E-state index contributed by atoms with van der Waals surface area (Å²) in [5, 5.41) is 9.70. The van der Waals surface area contributed by atoms with E-state index in [0.717, 1.165) is 23.3 Å².